The summed E-state index contributed by atoms with van der Waals surface area (Å²) in [7, 11) is 0. The van der Waals surface area contributed by atoms with Crippen LogP contribution in [-0.4, -0.2) is 11.4 Å². The number of nitrogens with zero attached hydrogens (tertiary/aromatic N) is 1. The van der Waals surface area contributed by atoms with E-state index in [2.05, 4.69) is 55.7 Å². The average Bonchev–Trinajstić information content (AvgIpc) is 2.26. The van der Waals surface area contributed by atoms with E-state index in [1.54, 1.807) is 0 Å². The van der Waals surface area contributed by atoms with Crippen molar-refractivity contribution in [3.05, 3.63) is 48.2 Å². The molecule has 1 fully saturated rings. The number of benzene rings is 1. The van der Waals surface area contributed by atoms with Crippen molar-refractivity contribution >= 4 is 0 Å². The van der Waals surface area contributed by atoms with E-state index in [1.807, 2.05) is 0 Å². The topological polar surface area (TPSA) is 3.24 Å². The van der Waals surface area contributed by atoms with Gasteiger partial charge in [-0.15, -0.1) is 0 Å². The lowest BCUT2D eigenvalue weighted by molar-refractivity contribution is 0.181. The molecule has 0 saturated carbocycles. The van der Waals surface area contributed by atoms with Crippen molar-refractivity contribution in [1.29, 1.82) is 0 Å². The van der Waals surface area contributed by atoms with Gasteiger partial charge in [0.25, 0.3) is 0 Å². The van der Waals surface area contributed by atoms with Crippen molar-refractivity contribution in [2.45, 2.75) is 33.2 Å². The first-order valence-electron chi connectivity index (χ1n) is 6.08. The molecule has 16 heavy (non-hydrogen) atoms. The highest BCUT2D eigenvalue weighted by molar-refractivity contribution is 5.17. The third-order valence-corrected chi connectivity index (χ3v) is 3.61. The van der Waals surface area contributed by atoms with Gasteiger partial charge in [-0.05, 0) is 18.4 Å². The summed E-state index contributed by atoms with van der Waals surface area (Å²) in [4.78, 5) is 2.43. The second-order valence-corrected chi connectivity index (χ2v) is 5.34. The van der Waals surface area contributed by atoms with Crippen LogP contribution in [-0.2, 0) is 6.54 Å². The highest BCUT2D eigenvalue weighted by Crippen LogP contribution is 2.37. The van der Waals surface area contributed by atoms with Crippen LogP contribution in [0.3, 0.4) is 0 Å². The number of piperidine rings is 1. The molecule has 1 aromatic rings. The minimum absolute atomic E-state index is 0.271. The smallest absolute Gasteiger partial charge is 0.0426 e. The molecule has 2 rings (SSSR count). The van der Waals surface area contributed by atoms with Gasteiger partial charge in [0, 0.05) is 24.2 Å². The van der Waals surface area contributed by atoms with Gasteiger partial charge < -0.3 is 4.90 Å². The first-order chi connectivity index (χ1) is 7.59. The Hall–Kier alpha value is -1.24. The fourth-order valence-corrected chi connectivity index (χ4v) is 2.40. The van der Waals surface area contributed by atoms with Gasteiger partial charge in [-0.1, -0.05) is 50.8 Å². The predicted octanol–water partition coefficient (Wildman–Crippen LogP) is 3.82. The minimum atomic E-state index is 0.271. The zero-order valence-electron chi connectivity index (χ0n) is 10.4. The number of likely N-dealkylation sites (tertiary alicyclic amines) is 1. The van der Waals surface area contributed by atoms with Gasteiger partial charge in [0.1, 0.15) is 0 Å². The summed E-state index contributed by atoms with van der Waals surface area (Å²) in [6.07, 6.45) is 2.54. The Morgan fingerprint density at radius 1 is 1.25 bits per heavy atom. The molecule has 0 bridgehead atoms. The second-order valence-electron chi connectivity index (χ2n) is 5.34. The maximum Gasteiger partial charge on any atom is 0.0426 e. The van der Waals surface area contributed by atoms with Gasteiger partial charge in [-0.25, -0.2) is 0 Å². The van der Waals surface area contributed by atoms with Crippen LogP contribution in [0, 0.1) is 5.41 Å². The number of rotatable bonds is 2. The van der Waals surface area contributed by atoms with Gasteiger partial charge in [0.15, 0.2) is 0 Å². The summed E-state index contributed by atoms with van der Waals surface area (Å²) < 4.78 is 0. The van der Waals surface area contributed by atoms with Crippen LogP contribution >= 0.6 is 0 Å². The summed E-state index contributed by atoms with van der Waals surface area (Å²) in [5.74, 6) is 0. The molecular formula is C15H21N. The normalized spacial score (nSPS) is 19.9. The van der Waals surface area contributed by atoms with E-state index in [9.17, 15) is 0 Å². The quantitative estimate of drug-likeness (QED) is 0.725. The molecule has 0 radical (unpaired) electrons. The van der Waals surface area contributed by atoms with Crippen LogP contribution in [0.4, 0.5) is 0 Å². The van der Waals surface area contributed by atoms with E-state index in [-0.39, 0.29) is 5.41 Å². The van der Waals surface area contributed by atoms with Crippen LogP contribution in [0.2, 0.25) is 0 Å². The van der Waals surface area contributed by atoms with Crippen molar-refractivity contribution in [2.75, 3.05) is 6.54 Å². The highest BCUT2D eigenvalue weighted by atomic mass is 15.1. The molecule has 0 atom stereocenters. The van der Waals surface area contributed by atoms with Crippen molar-refractivity contribution in [3.8, 4) is 0 Å². The number of hydrogen-bond donors (Lipinski definition) is 0. The predicted molar refractivity (Wildman–Crippen MR) is 69.0 cm³/mol. The minimum Gasteiger partial charge on any atom is -0.371 e. The lowest BCUT2D eigenvalue weighted by Crippen LogP contribution is -2.36. The standard InChI is InChI=1S/C15H21N/c1-13-15(2,3)10-7-11-16(13)12-14-8-5-4-6-9-14/h4-6,8-9H,1,7,10-12H2,2-3H3. The Kier molecular flexibility index (Phi) is 3.04. The molecule has 1 heterocycles. The molecule has 1 aliphatic rings. The van der Waals surface area contributed by atoms with E-state index in [1.165, 1.54) is 24.1 Å². The van der Waals surface area contributed by atoms with Crippen LogP contribution in [0.25, 0.3) is 0 Å². The molecule has 1 nitrogen and oxygen atoms in total. The van der Waals surface area contributed by atoms with Gasteiger partial charge in [-0.2, -0.15) is 0 Å². The average molecular weight is 215 g/mol. The molecule has 1 heteroatoms. The molecule has 0 unspecified atom stereocenters. The molecule has 0 aliphatic carbocycles. The molecule has 0 spiro atoms. The summed E-state index contributed by atoms with van der Waals surface area (Å²) in [5.41, 5.74) is 2.94. The Morgan fingerprint density at radius 2 is 1.94 bits per heavy atom. The second kappa shape index (κ2) is 4.32. The van der Waals surface area contributed by atoms with Gasteiger partial charge in [0.2, 0.25) is 0 Å². The fraction of sp³-hybridized carbons (Fsp3) is 0.467. The van der Waals surface area contributed by atoms with Crippen molar-refractivity contribution in [3.63, 3.8) is 0 Å². The number of allylic oxidation sites excluding steroid dienone is 1. The van der Waals surface area contributed by atoms with Crippen molar-refractivity contribution in [1.82, 2.24) is 4.90 Å². The van der Waals surface area contributed by atoms with E-state index in [0.29, 0.717) is 0 Å². The lowest BCUT2D eigenvalue weighted by Gasteiger charge is -2.41. The Bertz CT molecular complexity index is 364. The van der Waals surface area contributed by atoms with Gasteiger partial charge >= 0.3 is 0 Å². The zero-order valence-corrected chi connectivity index (χ0v) is 10.4. The maximum absolute atomic E-state index is 4.27. The van der Waals surface area contributed by atoms with Crippen LogP contribution in [0.1, 0.15) is 32.3 Å². The monoisotopic (exact) mass is 215 g/mol. The largest absolute Gasteiger partial charge is 0.371 e. The number of hydrogen-bond acceptors (Lipinski definition) is 1. The lowest BCUT2D eigenvalue weighted by atomic mass is 9.81. The summed E-state index contributed by atoms with van der Waals surface area (Å²) >= 11 is 0. The molecular weight excluding hydrogens is 194 g/mol. The molecule has 0 amide bonds. The van der Waals surface area contributed by atoms with Crippen LogP contribution < -0.4 is 0 Å². The van der Waals surface area contributed by atoms with E-state index >= 15 is 0 Å². The Morgan fingerprint density at radius 3 is 2.62 bits per heavy atom. The van der Waals surface area contributed by atoms with Gasteiger partial charge in [-0.3, -0.25) is 0 Å². The van der Waals surface area contributed by atoms with Crippen LogP contribution in [0.15, 0.2) is 42.6 Å². The van der Waals surface area contributed by atoms with Gasteiger partial charge in [0.05, 0.1) is 0 Å². The highest BCUT2D eigenvalue weighted by Gasteiger charge is 2.29. The third-order valence-electron chi connectivity index (χ3n) is 3.61. The first kappa shape index (κ1) is 11.3. The Balaban J connectivity index is 2.08. The van der Waals surface area contributed by atoms with E-state index in [0.717, 1.165) is 13.1 Å². The Labute approximate surface area is 98.8 Å². The summed E-state index contributed by atoms with van der Waals surface area (Å²) in [6, 6.07) is 10.7. The zero-order chi connectivity index (χ0) is 11.6. The molecule has 0 N–H and O–H groups in total. The molecule has 1 aromatic carbocycles. The molecule has 1 saturated heterocycles. The van der Waals surface area contributed by atoms with E-state index < -0.39 is 0 Å². The third kappa shape index (κ3) is 2.29. The summed E-state index contributed by atoms with van der Waals surface area (Å²) in [5, 5.41) is 0. The maximum atomic E-state index is 4.27. The van der Waals surface area contributed by atoms with Crippen molar-refractivity contribution in [2.24, 2.45) is 5.41 Å². The fourth-order valence-electron chi connectivity index (χ4n) is 2.40. The van der Waals surface area contributed by atoms with E-state index in [4.69, 9.17) is 0 Å². The first-order valence-corrected chi connectivity index (χ1v) is 6.08. The van der Waals surface area contributed by atoms with Crippen LogP contribution in [0.5, 0.6) is 0 Å². The molecule has 0 aromatic heterocycles. The SMILES string of the molecule is C=C1N(Cc2ccccc2)CCCC1(C)C. The molecule has 86 valence electrons. The molecule has 1 aliphatic heterocycles. The summed E-state index contributed by atoms with van der Waals surface area (Å²) in [6.45, 7) is 11.0. The van der Waals surface area contributed by atoms with Crippen molar-refractivity contribution < 1.29 is 0 Å².